The van der Waals surface area contributed by atoms with Crippen molar-refractivity contribution in [1.29, 1.82) is 0 Å². The van der Waals surface area contributed by atoms with Gasteiger partial charge in [-0.15, -0.1) is 0 Å². The lowest BCUT2D eigenvalue weighted by Crippen LogP contribution is -2.08. The molecule has 13 heteroatoms. The van der Waals surface area contributed by atoms with Crippen molar-refractivity contribution < 1.29 is 18.1 Å². The molecule has 2 aromatic carbocycles. The average Bonchev–Trinajstić information content (AvgIpc) is 3.11. The molecule has 4 rings (SSSR count). The zero-order valence-corrected chi connectivity index (χ0v) is 16.7. The summed E-state index contributed by atoms with van der Waals surface area (Å²) >= 11 is 6.88. The van der Waals surface area contributed by atoms with Crippen LogP contribution in [0.4, 0.5) is 41.3 Å². The van der Waals surface area contributed by atoms with Gasteiger partial charge in [-0.3, -0.25) is 10.1 Å². The first kappa shape index (κ1) is 20.8. The van der Waals surface area contributed by atoms with Crippen LogP contribution in [-0.2, 0) is 6.18 Å². The predicted octanol–water partition coefficient (Wildman–Crippen LogP) is 6.15. The van der Waals surface area contributed by atoms with E-state index >= 15 is 0 Å². The van der Waals surface area contributed by atoms with E-state index in [4.69, 9.17) is 11.6 Å². The van der Waals surface area contributed by atoms with Crippen molar-refractivity contribution in [2.45, 2.75) is 6.18 Å². The van der Waals surface area contributed by atoms with Crippen LogP contribution < -0.4 is 10.6 Å². The van der Waals surface area contributed by atoms with Crippen molar-refractivity contribution in [2.24, 2.45) is 0 Å². The molecule has 0 atom stereocenters. The number of nitro groups is 1. The lowest BCUT2D eigenvalue weighted by molar-refractivity contribution is -0.383. The fourth-order valence-corrected chi connectivity index (χ4v) is 3.81. The SMILES string of the molecule is O=[N+]([O-])c1c(Nc2ccc(Cl)c(C(F)(F)F)c2)ncnc1Nc1nc2ccccc2s1. The number of fused-ring (bicyclic) bond motifs is 1. The Hall–Kier alpha value is -3.51. The number of halogens is 4. The maximum Gasteiger partial charge on any atom is 0.417 e. The molecule has 0 aliphatic rings. The van der Waals surface area contributed by atoms with E-state index < -0.39 is 27.4 Å². The number of nitrogens with zero attached hydrogens (tertiary/aromatic N) is 4. The van der Waals surface area contributed by atoms with Crippen LogP contribution in [0.1, 0.15) is 5.56 Å². The van der Waals surface area contributed by atoms with Crippen LogP contribution in [0.3, 0.4) is 0 Å². The first-order valence-corrected chi connectivity index (χ1v) is 9.67. The molecular weight excluding hydrogens is 457 g/mol. The number of benzene rings is 2. The molecule has 0 saturated heterocycles. The second kappa shape index (κ2) is 7.96. The van der Waals surface area contributed by atoms with Gasteiger partial charge in [0.1, 0.15) is 6.33 Å². The van der Waals surface area contributed by atoms with Crippen LogP contribution in [-0.4, -0.2) is 19.9 Å². The zero-order chi connectivity index (χ0) is 22.2. The highest BCUT2D eigenvalue weighted by molar-refractivity contribution is 7.22. The van der Waals surface area contributed by atoms with Gasteiger partial charge in [-0.2, -0.15) is 13.2 Å². The highest BCUT2D eigenvalue weighted by Crippen LogP contribution is 2.38. The number of alkyl halides is 3. The highest BCUT2D eigenvalue weighted by atomic mass is 35.5. The fourth-order valence-electron chi connectivity index (χ4n) is 2.72. The van der Waals surface area contributed by atoms with E-state index in [1.54, 1.807) is 6.07 Å². The standard InChI is InChI=1S/C18H10ClF3N6O2S/c19-11-6-5-9(7-10(11)18(20,21)22)25-15-14(28(29)30)16(24-8-23-15)27-17-26-12-3-1-2-4-13(12)31-17/h1-8H,(H2,23,24,25,26,27). The minimum absolute atomic E-state index is 0.0792. The topological polar surface area (TPSA) is 106 Å². The van der Waals surface area contributed by atoms with E-state index in [1.807, 2.05) is 18.2 Å². The van der Waals surface area contributed by atoms with E-state index in [0.717, 1.165) is 23.2 Å². The Morgan fingerprint density at radius 1 is 1.06 bits per heavy atom. The third-order valence-electron chi connectivity index (χ3n) is 4.06. The molecule has 0 bridgehead atoms. The molecule has 0 spiro atoms. The normalized spacial score (nSPS) is 11.5. The minimum atomic E-state index is -4.69. The van der Waals surface area contributed by atoms with E-state index in [2.05, 4.69) is 25.6 Å². The van der Waals surface area contributed by atoms with Crippen LogP contribution in [0.25, 0.3) is 10.2 Å². The molecule has 0 unspecified atom stereocenters. The third kappa shape index (κ3) is 4.34. The summed E-state index contributed by atoms with van der Waals surface area (Å²) in [5.74, 6) is -0.453. The van der Waals surface area contributed by atoms with Gasteiger partial charge in [0.05, 0.1) is 25.7 Å². The van der Waals surface area contributed by atoms with Crippen molar-refractivity contribution in [3.05, 3.63) is 69.5 Å². The van der Waals surface area contributed by atoms with Crippen LogP contribution >= 0.6 is 22.9 Å². The first-order chi connectivity index (χ1) is 14.7. The number of rotatable bonds is 5. The van der Waals surface area contributed by atoms with Gasteiger partial charge < -0.3 is 10.6 Å². The van der Waals surface area contributed by atoms with Crippen LogP contribution in [0.2, 0.25) is 5.02 Å². The number of nitrogens with one attached hydrogen (secondary N) is 2. The monoisotopic (exact) mass is 466 g/mol. The van der Waals surface area contributed by atoms with Crippen molar-refractivity contribution in [2.75, 3.05) is 10.6 Å². The molecule has 0 amide bonds. The third-order valence-corrected chi connectivity index (χ3v) is 5.34. The summed E-state index contributed by atoms with van der Waals surface area (Å²) in [5, 5.41) is 16.9. The van der Waals surface area contributed by atoms with Gasteiger partial charge in [-0.05, 0) is 30.3 Å². The largest absolute Gasteiger partial charge is 0.417 e. The Balaban J connectivity index is 1.70. The molecule has 158 valence electrons. The summed E-state index contributed by atoms with van der Waals surface area (Å²) in [4.78, 5) is 23.0. The van der Waals surface area contributed by atoms with Gasteiger partial charge in [0.2, 0.25) is 11.6 Å². The summed E-state index contributed by atoms with van der Waals surface area (Å²) in [5.41, 5.74) is -1.01. The lowest BCUT2D eigenvalue weighted by atomic mass is 10.2. The van der Waals surface area contributed by atoms with Crippen LogP contribution in [0, 0.1) is 10.1 Å². The maximum absolute atomic E-state index is 13.1. The molecule has 31 heavy (non-hydrogen) atoms. The molecule has 2 aromatic heterocycles. The van der Waals surface area contributed by atoms with Crippen LogP contribution in [0.5, 0.6) is 0 Å². The summed E-state index contributed by atoms with van der Waals surface area (Å²) in [6.45, 7) is 0. The van der Waals surface area contributed by atoms with Crippen molar-refractivity contribution >= 4 is 61.3 Å². The molecular formula is C18H10ClF3N6O2S. The van der Waals surface area contributed by atoms with Crippen molar-refractivity contribution in [3.8, 4) is 0 Å². The lowest BCUT2D eigenvalue weighted by Gasteiger charge is -2.12. The van der Waals surface area contributed by atoms with E-state index in [1.165, 1.54) is 17.4 Å². The summed E-state index contributed by atoms with van der Waals surface area (Å²) in [7, 11) is 0. The van der Waals surface area contributed by atoms with Crippen molar-refractivity contribution in [1.82, 2.24) is 15.0 Å². The number of hydrogen-bond acceptors (Lipinski definition) is 8. The molecule has 0 radical (unpaired) electrons. The predicted molar refractivity (Wildman–Crippen MR) is 111 cm³/mol. The Morgan fingerprint density at radius 2 is 1.77 bits per heavy atom. The molecule has 0 aliphatic carbocycles. The van der Waals surface area contributed by atoms with Crippen molar-refractivity contribution in [3.63, 3.8) is 0 Å². The van der Waals surface area contributed by atoms with Gasteiger partial charge in [-0.25, -0.2) is 15.0 Å². The Kier molecular flexibility index (Phi) is 5.33. The Bertz CT molecular complexity index is 1260. The van der Waals surface area contributed by atoms with E-state index in [-0.39, 0.29) is 17.3 Å². The molecule has 4 aromatic rings. The molecule has 2 N–H and O–H groups in total. The second-order valence-electron chi connectivity index (χ2n) is 6.11. The van der Waals surface area contributed by atoms with Gasteiger partial charge in [0.15, 0.2) is 5.13 Å². The number of para-hydroxylation sites is 1. The zero-order valence-electron chi connectivity index (χ0n) is 15.1. The first-order valence-electron chi connectivity index (χ1n) is 8.48. The van der Waals surface area contributed by atoms with Crippen LogP contribution in [0.15, 0.2) is 48.8 Å². The summed E-state index contributed by atoms with van der Waals surface area (Å²) in [6.07, 6.45) is -3.64. The fraction of sp³-hybridized carbons (Fsp3) is 0.0556. The summed E-state index contributed by atoms with van der Waals surface area (Å²) < 4.78 is 40.2. The average molecular weight is 467 g/mol. The minimum Gasteiger partial charge on any atom is -0.334 e. The van der Waals surface area contributed by atoms with E-state index in [0.29, 0.717) is 10.6 Å². The quantitative estimate of drug-likeness (QED) is 0.268. The molecule has 0 fully saturated rings. The summed E-state index contributed by atoms with van der Waals surface area (Å²) in [6, 6.07) is 10.3. The smallest absolute Gasteiger partial charge is 0.334 e. The van der Waals surface area contributed by atoms with E-state index in [9.17, 15) is 23.3 Å². The number of thiazole rings is 1. The van der Waals surface area contributed by atoms with Gasteiger partial charge in [0, 0.05) is 5.69 Å². The molecule has 8 nitrogen and oxygen atoms in total. The Morgan fingerprint density at radius 3 is 2.45 bits per heavy atom. The van der Waals surface area contributed by atoms with Gasteiger partial charge in [-0.1, -0.05) is 35.1 Å². The number of aromatic nitrogens is 3. The Labute approximate surface area is 180 Å². The molecule has 0 aliphatic heterocycles. The highest BCUT2D eigenvalue weighted by Gasteiger charge is 2.33. The number of anilines is 4. The maximum atomic E-state index is 13.1. The second-order valence-corrected chi connectivity index (χ2v) is 7.54. The van der Waals surface area contributed by atoms with Gasteiger partial charge in [0.25, 0.3) is 0 Å². The number of hydrogen-bond donors (Lipinski definition) is 2. The van der Waals surface area contributed by atoms with Gasteiger partial charge >= 0.3 is 11.9 Å². The molecule has 0 saturated carbocycles. The molecule has 2 heterocycles.